The van der Waals surface area contributed by atoms with Crippen LogP contribution in [0.25, 0.3) is 0 Å². The predicted molar refractivity (Wildman–Crippen MR) is 51.4 cm³/mol. The van der Waals surface area contributed by atoms with Crippen molar-refractivity contribution in [3.63, 3.8) is 0 Å². The molecule has 3 N–H and O–H groups in total. The summed E-state index contributed by atoms with van der Waals surface area (Å²) in [5, 5.41) is 8.77. The highest BCUT2D eigenvalue weighted by molar-refractivity contribution is 5.67. The van der Waals surface area contributed by atoms with Crippen LogP contribution in [-0.2, 0) is 4.79 Å². The Morgan fingerprint density at radius 2 is 2.08 bits per heavy atom. The summed E-state index contributed by atoms with van der Waals surface area (Å²) in [5.41, 5.74) is 5.57. The Hall–Kier alpha value is -0.570. The third-order valence-corrected chi connectivity index (χ3v) is 3.29. The van der Waals surface area contributed by atoms with E-state index < -0.39 is 5.97 Å². The molecule has 0 aliphatic heterocycles. The average molecular weight is 185 g/mol. The Balaban J connectivity index is 2.55. The molecule has 0 saturated heterocycles. The van der Waals surface area contributed by atoms with Crippen molar-refractivity contribution in [2.45, 2.75) is 39.0 Å². The number of nitrogens with two attached hydrogens (primary N) is 1. The second kappa shape index (κ2) is 4.09. The Morgan fingerprint density at radius 1 is 1.54 bits per heavy atom. The van der Waals surface area contributed by atoms with Gasteiger partial charge in [0.15, 0.2) is 0 Å². The first kappa shape index (κ1) is 10.5. The lowest BCUT2D eigenvalue weighted by atomic mass is 9.69. The van der Waals surface area contributed by atoms with E-state index in [-0.39, 0.29) is 11.8 Å². The first-order valence-electron chi connectivity index (χ1n) is 5.00. The fourth-order valence-electron chi connectivity index (χ4n) is 2.15. The van der Waals surface area contributed by atoms with Crippen LogP contribution >= 0.6 is 0 Å². The molecule has 0 atom stereocenters. The van der Waals surface area contributed by atoms with Crippen molar-refractivity contribution >= 4 is 5.97 Å². The molecule has 0 unspecified atom stereocenters. The van der Waals surface area contributed by atoms with Gasteiger partial charge in [-0.15, -0.1) is 0 Å². The highest BCUT2D eigenvalue weighted by Crippen LogP contribution is 2.40. The summed E-state index contributed by atoms with van der Waals surface area (Å²) in [5.74, 6) is 0.0356. The van der Waals surface area contributed by atoms with E-state index in [4.69, 9.17) is 10.8 Å². The number of hydrogen-bond donors (Lipinski definition) is 2. The van der Waals surface area contributed by atoms with Crippen LogP contribution in [0.3, 0.4) is 0 Å². The molecule has 13 heavy (non-hydrogen) atoms. The number of carbonyl (C=O) groups is 1. The largest absolute Gasteiger partial charge is 0.481 e. The highest BCUT2D eigenvalue weighted by Gasteiger charge is 2.34. The lowest BCUT2D eigenvalue weighted by Gasteiger charge is -2.37. The SMILES string of the molecule is CC1CCC(CN)(CC(=O)O)CC1. The second-order valence-corrected chi connectivity index (χ2v) is 4.46. The molecule has 0 heterocycles. The monoisotopic (exact) mass is 185 g/mol. The average Bonchev–Trinajstić information content (AvgIpc) is 2.09. The van der Waals surface area contributed by atoms with Gasteiger partial charge in [0.05, 0.1) is 6.42 Å². The van der Waals surface area contributed by atoms with Crippen LogP contribution in [0.1, 0.15) is 39.0 Å². The quantitative estimate of drug-likeness (QED) is 0.702. The van der Waals surface area contributed by atoms with Gasteiger partial charge in [0.1, 0.15) is 0 Å². The van der Waals surface area contributed by atoms with Gasteiger partial charge in [-0.25, -0.2) is 0 Å². The molecule has 0 aromatic rings. The van der Waals surface area contributed by atoms with Gasteiger partial charge in [-0.05, 0) is 30.7 Å². The van der Waals surface area contributed by atoms with Crippen molar-refractivity contribution in [2.24, 2.45) is 17.1 Å². The molecule has 0 bridgehead atoms. The van der Waals surface area contributed by atoms with Crippen LogP contribution in [0.5, 0.6) is 0 Å². The van der Waals surface area contributed by atoms with Gasteiger partial charge in [-0.3, -0.25) is 4.79 Å². The van der Waals surface area contributed by atoms with E-state index in [0.717, 1.165) is 31.6 Å². The second-order valence-electron chi connectivity index (χ2n) is 4.46. The van der Waals surface area contributed by atoms with Gasteiger partial charge in [0, 0.05) is 0 Å². The van der Waals surface area contributed by atoms with Crippen LogP contribution in [-0.4, -0.2) is 17.6 Å². The minimum absolute atomic E-state index is 0.0989. The zero-order valence-corrected chi connectivity index (χ0v) is 8.25. The fourth-order valence-corrected chi connectivity index (χ4v) is 2.15. The predicted octanol–water partition coefficient (Wildman–Crippen LogP) is 1.62. The summed E-state index contributed by atoms with van der Waals surface area (Å²) in [7, 11) is 0. The molecule has 1 rings (SSSR count). The molecule has 3 heteroatoms. The van der Waals surface area contributed by atoms with Gasteiger partial charge in [-0.1, -0.05) is 19.8 Å². The van der Waals surface area contributed by atoms with Gasteiger partial charge >= 0.3 is 5.97 Å². The van der Waals surface area contributed by atoms with E-state index in [2.05, 4.69) is 6.92 Å². The van der Waals surface area contributed by atoms with E-state index in [0.29, 0.717) is 6.54 Å². The summed E-state index contributed by atoms with van der Waals surface area (Å²) in [6.45, 7) is 2.74. The van der Waals surface area contributed by atoms with Crippen molar-refractivity contribution < 1.29 is 9.90 Å². The highest BCUT2D eigenvalue weighted by atomic mass is 16.4. The molecule has 3 nitrogen and oxygen atoms in total. The standard InChI is InChI=1S/C10H19NO2/c1-8-2-4-10(7-11,5-3-8)6-9(12)13/h8H,2-7,11H2,1H3,(H,12,13). The summed E-state index contributed by atoms with van der Waals surface area (Å²) in [4.78, 5) is 10.7. The molecule has 0 amide bonds. The van der Waals surface area contributed by atoms with Gasteiger partial charge in [0.25, 0.3) is 0 Å². The third-order valence-electron chi connectivity index (χ3n) is 3.29. The molecule has 0 radical (unpaired) electrons. The molecule has 76 valence electrons. The fraction of sp³-hybridized carbons (Fsp3) is 0.900. The third kappa shape index (κ3) is 2.69. The molecule has 0 spiro atoms. The first-order chi connectivity index (χ1) is 6.08. The van der Waals surface area contributed by atoms with Crippen molar-refractivity contribution in [3.8, 4) is 0 Å². The van der Waals surface area contributed by atoms with E-state index in [1.165, 1.54) is 0 Å². The van der Waals surface area contributed by atoms with Crippen LogP contribution in [0.4, 0.5) is 0 Å². The number of carboxylic acid groups (broad SMARTS) is 1. The van der Waals surface area contributed by atoms with Crippen molar-refractivity contribution in [3.05, 3.63) is 0 Å². The molecule has 0 aromatic heterocycles. The van der Waals surface area contributed by atoms with Crippen LogP contribution in [0.15, 0.2) is 0 Å². The van der Waals surface area contributed by atoms with E-state index in [1.54, 1.807) is 0 Å². The minimum atomic E-state index is -0.708. The minimum Gasteiger partial charge on any atom is -0.481 e. The van der Waals surface area contributed by atoms with E-state index >= 15 is 0 Å². The number of hydrogen-bond acceptors (Lipinski definition) is 2. The summed E-state index contributed by atoms with van der Waals surface area (Å²) < 4.78 is 0. The van der Waals surface area contributed by atoms with Crippen LogP contribution in [0.2, 0.25) is 0 Å². The number of aliphatic carboxylic acids is 1. The summed E-state index contributed by atoms with van der Waals surface area (Å²) in [6, 6.07) is 0. The summed E-state index contributed by atoms with van der Waals surface area (Å²) in [6.07, 6.45) is 4.47. The number of carboxylic acids is 1. The zero-order chi connectivity index (χ0) is 9.90. The van der Waals surface area contributed by atoms with Crippen molar-refractivity contribution in [1.29, 1.82) is 0 Å². The Labute approximate surface area is 79.3 Å². The normalized spacial score (nSPS) is 34.5. The molecule has 1 aliphatic rings. The lowest BCUT2D eigenvalue weighted by molar-refractivity contribution is -0.140. The van der Waals surface area contributed by atoms with Gasteiger partial charge in [-0.2, -0.15) is 0 Å². The number of rotatable bonds is 3. The Morgan fingerprint density at radius 3 is 2.46 bits per heavy atom. The maximum Gasteiger partial charge on any atom is 0.303 e. The Bertz CT molecular complexity index is 183. The van der Waals surface area contributed by atoms with Crippen LogP contribution in [0, 0.1) is 11.3 Å². The van der Waals surface area contributed by atoms with Crippen molar-refractivity contribution in [1.82, 2.24) is 0 Å². The Kier molecular flexibility index (Phi) is 3.31. The maximum atomic E-state index is 10.7. The molecule has 1 saturated carbocycles. The topological polar surface area (TPSA) is 63.3 Å². The first-order valence-corrected chi connectivity index (χ1v) is 5.00. The van der Waals surface area contributed by atoms with E-state index in [1.807, 2.05) is 0 Å². The zero-order valence-electron chi connectivity index (χ0n) is 8.25. The maximum absolute atomic E-state index is 10.7. The molecule has 1 fully saturated rings. The lowest BCUT2D eigenvalue weighted by Crippen LogP contribution is -2.36. The van der Waals surface area contributed by atoms with E-state index in [9.17, 15) is 4.79 Å². The molecular formula is C10H19NO2. The van der Waals surface area contributed by atoms with Gasteiger partial charge < -0.3 is 10.8 Å². The summed E-state index contributed by atoms with van der Waals surface area (Å²) >= 11 is 0. The van der Waals surface area contributed by atoms with Crippen molar-refractivity contribution in [2.75, 3.05) is 6.54 Å². The molecule has 0 aromatic carbocycles. The molecule has 1 aliphatic carbocycles. The molecular weight excluding hydrogens is 166 g/mol. The smallest absolute Gasteiger partial charge is 0.303 e. The van der Waals surface area contributed by atoms with Gasteiger partial charge in [0.2, 0.25) is 0 Å². The van der Waals surface area contributed by atoms with Crippen LogP contribution < -0.4 is 5.73 Å².